The molecule has 3 nitrogen and oxygen atoms in total. The quantitative estimate of drug-likeness (QED) is 0.850. The predicted octanol–water partition coefficient (Wildman–Crippen LogP) is 1.80. The van der Waals surface area contributed by atoms with Gasteiger partial charge in [0, 0.05) is 17.7 Å². The minimum absolute atomic E-state index is 0.156. The van der Waals surface area contributed by atoms with Gasteiger partial charge in [0.15, 0.2) is 9.84 Å². The summed E-state index contributed by atoms with van der Waals surface area (Å²) >= 11 is 0. The molecule has 0 radical (unpaired) electrons. The van der Waals surface area contributed by atoms with Gasteiger partial charge in [0.25, 0.3) is 0 Å². The lowest BCUT2D eigenvalue weighted by atomic mass is 10.1. The van der Waals surface area contributed by atoms with Crippen LogP contribution in [-0.4, -0.2) is 26.0 Å². The second-order valence-corrected chi connectivity index (χ2v) is 7.07. The molecule has 0 aliphatic carbocycles. The Balaban J connectivity index is 2.33. The Morgan fingerprint density at radius 1 is 1.33 bits per heavy atom. The van der Waals surface area contributed by atoms with E-state index >= 15 is 0 Å². The van der Waals surface area contributed by atoms with E-state index in [1.807, 2.05) is 0 Å². The molecule has 0 spiro atoms. The molecule has 1 aliphatic rings. The second kappa shape index (κ2) is 4.93. The normalized spacial score (nSPS) is 27.7. The van der Waals surface area contributed by atoms with Gasteiger partial charge >= 0.3 is 0 Å². The molecule has 1 heterocycles. The highest BCUT2D eigenvalue weighted by molar-refractivity contribution is 7.92. The van der Waals surface area contributed by atoms with Gasteiger partial charge in [0.2, 0.25) is 0 Å². The summed E-state index contributed by atoms with van der Waals surface area (Å²) in [5, 5.41) is 2.57. The largest absolute Gasteiger partial charge is 0.309 e. The van der Waals surface area contributed by atoms with Crippen LogP contribution in [0.4, 0.5) is 8.78 Å². The first-order valence-corrected chi connectivity index (χ1v) is 7.51. The minimum Gasteiger partial charge on any atom is -0.309 e. The first-order valence-electron chi connectivity index (χ1n) is 5.80. The van der Waals surface area contributed by atoms with Gasteiger partial charge in [-0.05, 0) is 26.0 Å². The van der Waals surface area contributed by atoms with Crippen molar-refractivity contribution < 1.29 is 17.2 Å². The molecule has 2 rings (SSSR count). The molecule has 2 atom stereocenters. The van der Waals surface area contributed by atoms with E-state index in [2.05, 4.69) is 5.32 Å². The van der Waals surface area contributed by atoms with Crippen molar-refractivity contribution in [2.75, 3.05) is 12.3 Å². The molecule has 0 amide bonds. The number of nitrogens with one attached hydrogen (secondary N) is 1. The third kappa shape index (κ3) is 2.70. The van der Waals surface area contributed by atoms with Crippen LogP contribution in [0.15, 0.2) is 18.2 Å². The van der Waals surface area contributed by atoms with Crippen molar-refractivity contribution in [1.82, 2.24) is 5.32 Å². The number of rotatable bonds is 1. The maximum absolute atomic E-state index is 13.6. The zero-order valence-electron chi connectivity index (χ0n) is 9.99. The van der Waals surface area contributed by atoms with E-state index in [-0.39, 0.29) is 11.3 Å². The molecule has 6 heteroatoms. The minimum atomic E-state index is -3.25. The van der Waals surface area contributed by atoms with Gasteiger partial charge in [0.05, 0.1) is 11.0 Å². The van der Waals surface area contributed by atoms with Crippen molar-refractivity contribution in [2.24, 2.45) is 0 Å². The van der Waals surface area contributed by atoms with Crippen LogP contribution in [0.1, 0.15) is 24.9 Å². The number of benzene rings is 1. The zero-order valence-corrected chi connectivity index (χ0v) is 10.8. The van der Waals surface area contributed by atoms with E-state index in [9.17, 15) is 17.2 Å². The molecule has 18 heavy (non-hydrogen) atoms. The lowest BCUT2D eigenvalue weighted by Gasteiger charge is -2.16. The van der Waals surface area contributed by atoms with Crippen LogP contribution in [0.25, 0.3) is 0 Å². The Morgan fingerprint density at radius 3 is 2.72 bits per heavy atom. The lowest BCUT2D eigenvalue weighted by Crippen LogP contribution is -2.27. The molecule has 0 bridgehead atoms. The number of halogens is 2. The Labute approximate surface area is 105 Å². The lowest BCUT2D eigenvalue weighted by molar-refractivity contribution is 0.521. The molecule has 0 saturated carbocycles. The summed E-state index contributed by atoms with van der Waals surface area (Å²) in [6, 6.07) is 2.60. The summed E-state index contributed by atoms with van der Waals surface area (Å²) in [6.45, 7) is 2.16. The highest BCUT2D eigenvalue weighted by Crippen LogP contribution is 2.24. The Kier molecular flexibility index (Phi) is 3.68. The van der Waals surface area contributed by atoms with Crippen LogP contribution in [-0.2, 0) is 9.84 Å². The molecule has 0 aromatic heterocycles. The molecule has 1 aromatic rings. The fraction of sp³-hybridized carbons (Fsp3) is 0.500. The van der Waals surface area contributed by atoms with Gasteiger partial charge < -0.3 is 5.32 Å². The molecular formula is C12H15F2NO2S. The summed E-state index contributed by atoms with van der Waals surface area (Å²) in [6.07, 6.45) is 0.502. The predicted molar refractivity (Wildman–Crippen MR) is 65.0 cm³/mol. The Morgan fingerprint density at radius 2 is 2.06 bits per heavy atom. The van der Waals surface area contributed by atoms with Crippen molar-refractivity contribution in [1.29, 1.82) is 0 Å². The van der Waals surface area contributed by atoms with Crippen LogP contribution in [0.5, 0.6) is 0 Å². The average molecular weight is 275 g/mol. The molecule has 1 fully saturated rings. The topological polar surface area (TPSA) is 46.2 Å². The molecule has 1 saturated heterocycles. The fourth-order valence-electron chi connectivity index (χ4n) is 2.08. The van der Waals surface area contributed by atoms with Crippen molar-refractivity contribution in [3.05, 3.63) is 35.4 Å². The molecule has 1 N–H and O–H groups in total. The monoisotopic (exact) mass is 275 g/mol. The van der Waals surface area contributed by atoms with E-state index in [1.165, 1.54) is 6.07 Å². The van der Waals surface area contributed by atoms with Gasteiger partial charge in [-0.15, -0.1) is 0 Å². The molecule has 100 valence electrons. The Hall–Kier alpha value is -1.01. The van der Waals surface area contributed by atoms with Crippen LogP contribution in [0.2, 0.25) is 0 Å². The van der Waals surface area contributed by atoms with Gasteiger partial charge in [-0.25, -0.2) is 17.2 Å². The second-order valence-electron chi connectivity index (χ2n) is 4.60. The molecule has 2 unspecified atom stereocenters. The zero-order chi connectivity index (χ0) is 13.3. The molecular weight excluding hydrogens is 260 g/mol. The molecule has 1 aliphatic heterocycles. The van der Waals surface area contributed by atoms with Crippen molar-refractivity contribution in [2.45, 2.75) is 24.6 Å². The maximum atomic E-state index is 13.6. The maximum Gasteiger partial charge on any atom is 0.154 e. The third-order valence-corrected chi connectivity index (χ3v) is 5.55. The van der Waals surface area contributed by atoms with E-state index < -0.39 is 32.8 Å². The SMILES string of the molecule is CC1CCNC(c2ccc(F)cc2F)CS1(=O)=O. The van der Waals surface area contributed by atoms with Gasteiger partial charge in [-0.3, -0.25) is 0 Å². The molecule has 1 aromatic carbocycles. The third-order valence-electron chi connectivity index (χ3n) is 3.29. The standard InChI is InChI=1S/C12H15F2NO2S/c1-8-4-5-15-12(7-18(8,16)17)10-3-2-9(13)6-11(10)14/h2-3,6,8,12,15H,4-5,7H2,1H3. The van der Waals surface area contributed by atoms with Gasteiger partial charge in [0.1, 0.15) is 11.6 Å². The summed E-state index contributed by atoms with van der Waals surface area (Å²) in [7, 11) is -3.25. The van der Waals surface area contributed by atoms with Crippen LogP contribution in [0.3, 0.4) is 0 Å². The highest BCUT2D eigenvalue weighted by atomic mass is 32.2. The van der Waals surface area contributed by atoms with Crippen LogP contribution >= 0.6 is 0 Å². The summed E-state index contributed by atoms with van der Waals surface area (Å²) < 4.78 is 50.3. The van der Waals surface area contributed by atoms with E-state index in [1.54, 1.807) is 6.92 Å². The summed E-state index contributed by atoms with van der Waals surface area (Å²) in [4.78, 5) is 0. The number of sulfone groups is 1. The van der Waals surface area contributed by atoms with Crippen molar-refractivity contribution >= 4 is 9.84 Å². The van der Waals surface area contributed by atoms with E-state index in [4.69, 9.17) is 0 Å². The van der Waals surface area contributed by atoms with E-state index in [0.29, 0.717) is 13.0 Å². The van der Waals surface area contributed by atoms with Crippen molar-refractivity contribution in [3.8, 4) is 0 Å². The van der Waals surface area contributed by atoms with Crippen molar-refractivity contribution in [3.63, 3.8) is 0 Å². The highest BCUT2D eigenvalue weighted by Gasteiger charge is 2.30. The van der Waals surface area contributed by atoms with Crippen LogP contribution in [0, 0.1) is 11.6 Å². The smallest absolute Gasteiger partial charge is 0.154 e. The summed E-state index contributed by atoms with van der Waals surface area (Å²) in [5.74, 6) is -1.53. The van der Waals surface area contributed by atoms with E-state index in [0.717, 1.165) is 12.1 Å². The number of hydrogen-bond acceptors (Lipinski definition) is 3. The first kappa shape index (κ1) is 13.4. The van der Waals surface area contributed by atoms with Gasteiger partial charge in [-0.1, -0.05) is 6.07 Å². The average Bonchev–Trinajstić information content (AvgIpc) is 2.39. The number of hydrogen-bond donors (Lipinski definition) is 1. The van der Waals surface area contributed by atoms with Crippen LogP contribution < -0.4 is 5.32 Å². The Bertz CT molecular complexity index is 545. The summed E-state index contributed by atoms with van der Waals surface area (Å²) in [5.41, 5.74) is 0.203. The van der Waals surface area contributed by atoms with Gasteiger partial charge in [-0.2, -0.15) is 0 Å². The first-order chi connectivity index (χ1) is 8.40. The fourth-order valence-corrected chi connectivity index (χ4v) is 3.65.